The third-order valence-electron chi connectivity index (χ3n) is 2.47. The Morgan fingerprint density at radius 3 is 2.85 bits per heavy atom. The summed E-state index contributed by atoms with van der Waals surface area (Å²) < 4.78 is 5.16. The molecule has 1 amide bonds. The Morgan fingerprint density at radius 2 is 2.38 bits per heavy atom. The summed E-state index contributed by atoms with van der Waals surface area (Å²) in [5.41, 5.74) is 0. The van der Waals surface area contributed by atoms with Crippen LogP contribution in [0, 0.1) is 0 Å². The molecule has 2 rings (SSSR count). The first-order chi connectivity index (χ1) is 6.16. The molecule has 3 nitrogen and oxygen atoms in total. The van der Waals surface area contributed by atoms with Crippen molar-refractivity contribution in [2.75, 3.05) is 12.3 Å². The summed E-state index contributed by atoms with van der Waals surface area (Å²) in [6.07, 6.45) is 1.04. The van der Waals surface area contributed by atoms with Crippen LogP contribution in [0.5, 0.6) is 0 Å². The molecule has 2 fully saturated rings. The van der Waals surface area contributed by atoms with E-state index >= 15 is 0 Å². The number of likely N-dealkylation sites (tertiary alicyclic amines) is 1. The van der Waals surface area contributed by atoms with E-state index in [2.05, 4.69) is 0 Å². The number of hydrogen-bond acceptors (Lipinski definition) is 3. The molecule has 0 aromatic rings. The lowest BCUT2D eigenvalue weighted by Gasteiger charge is -2.26. The van der Waals surface area contributed by atoms with Crippen molar-refractivity contribution in [3.8, 4) is 0 Å². The standard InChI is InChI=1S/C9H15NO2S/c1-6(2)12-9(11)10-4-8-3-7(10)5-13-8/h6-8H,3-5H2,1-2H3. The van der Waals surface area contributed by atoms with Gasteiger partial charge < -0.3 is 9.64 Å². The van der Waals surface area contributed by atoms with Gasteiger partial charge in [-0.2, -0.15) is 11.8 Å². The van der Waals surface area contributed by atoms with Gasteiger partial charge in [0.15, 0.2) is 0 Å². The molecule has 0 N–H and O–H groups in total. The zero-order valence-corrected chi connectivity index (χ0v) is 8.84. The molecule has 2 heterocycles. The molecular weight excluding hydrogens is 186 g/mol. The molecule has 0 saturated carbocycles. The van der Waals surface area contributed by atoms with Crippen LogP contribution in [-0.4, -0.2) is 40.7 Å². The second-order valence-electron chi connectivity index (χ2n) is 3.93. The van der Waals surface area contributed by atoms with Gasteiger partial charge in [0.25, 0.3) is 0 Å². The minimum absolute atomic E-state index is 0.000667. The maximum atomic E-state index is 11.5. The predicted molar refractivity (Wildman–Crippen MR) is 53.0 cm³/mol. The van der Waals surface area contributed by atoms with Gasteiger partial charge in [-0.3, -0.25) is 0 Å². The highest BCUT2D eigenvalue weighted by Gasteiger charge is 2.41. The van der Waals surface area contributed by atoms with E-state index in [1.165, 1.54) is 0 Å². The van der Waals surface area contributed by atoms with Crippen LogP contribution in [-0.2, 0) is 4.74 Å². The molecule has 0 spiro atoms. The monoisotopic (exact) mass is 201 g/mol. The Labute approximate surface area is 82.8 Å². The Kier molecular flexibility index (Phi) is 2.41. The van der Waals surface area contributed by atoms with E-state index in [1.807, 2.05) is 30.5 Å². The van der Waals surface area contributed by atoms with Crippen molar-refractivity contribution in [3.63, 3.8) is 0 Å². The number of thioether (sulfide) groups is 1. The third-order valence-corrected chi connectivity index (χ3v) is 3.86. The lowest BCUT2D eigenvalue weighted by Crippen LogP contribution is -2.40. The summed E-state index contributed by atoms with van der Waals surface area (Å²) in [4.78, 5) is 13.4. The molecule has 0 radical (unpaired) electrons. The van der Waals surface area contributed by atoms with Crippen molar-refractivity contribution in [1.82, 2.24) is 4.90 Å². The smallest absolute Gasteiger partial charge is 0.410 e. The normalized spacial score (nSPS) is 31.5. The molecule has 0 aromatic heterocycles. The number of amides is 1. The quantitative estimate of drug-likeness (QED) is 0.647. The number of carbonyl (C=O) groups excluding carboxylic acids is 1. The maximum absolute atomic E-state index is 11.5. The van der Waals surface area contributed by atoms with Crippen molar-refractivity contribution >= 4 is 17.9 Å². The largest absolute Gasteiger partial charge is 0.447 e. The summed E-state index contributed by atoms with van der Waals surface area (Å²) in [5.74, 6) is 1.10. The van der Waals surface area contributed by atoms with E-state index in [4.69, 9.17) is 4.74 Å². The van der Waals surface area contributed by atoms with Crippen LogP contribution in [0.2, 0.25) is 0 Å². The van der Waals surface area contributed by atoms with Crippen molar-refractivity contribution in [2.24, 2.45) is 0 Å². The molecule has 2 bridgehead atoms. The molecule has 0 aromatic carbocycles. The molecule has 2 aliphatic rings. The van der Waals surface area contributed by atoms with Gasteiger partial charge in [-0.05, 0) is 20.3 Å². The maximum Gasteiger partial charge on any atom is 0.410 e. The van der Waals surface area contributed by atoms with Gasteiger partial charge in [0, 0.05) is 23.6 Å². The second-order valence-corrected chi connectivity index (χ2v) is 5.26. The molecule has 2 unspecified atom stereocenters. The lowest BCUT2D eigenvalue weighted by molar-refractivity contribution is 0.0753. The summed E-state index contributed by atoms with van der Waals surface area (Å²) in [6, 6.07) is 0.446. The second kappa shape index (κ2) is 3.40. The number of rotatable bonds is 1. The molecular formula is C9H15NO2S. The predicted octanol–water partition coefficient (Wildman–Crippen LogP) is 1.72. The van der Waals surface area contributed by atoms with Gasteiger partial charge in [0.1, 0.15) is 0 Å². The zero-order chi connectivity index (χ0) is 9.42. The highest BCUT2D eigenvalue weighted by Crippen LogP contribution is 2.37. The summed E-state index contributed by atoms with van der Waals surface area (Å²) in [6.45, 7) is 4.67. The van der Waals surface area contributed by atoms with Gasteiger partial charge in [-0.15, -0.1) is 0 Å². The molecule has 4 heteroatoms. The van der Waals surface area contributed by atoms with E-state index in [0.29, 0.717) is 11.3 Å². The van der Waals surface area contributed by atoms with Crippen LogP contribution in [0.25, 0.3) is 0 Å². The number of carbonyl (C=O) groups is 1. The van der Waals surface area contributed by atoms with Crippen LogP contribution in [0.4, 0.5) is 4.79 Å². The van der Waals surface area contributed by atoms with Gasteiger partial charge in [0.2, 0.25) is 0 Å². The fourth-order valence-corrected chi connectivity index (χ4v) is 3.33. The van der Waals surface area contributed by atoms with Crippen molar-refractivity contribution in [3.05, 3.63) is 0 Å². The molecule has 2 atom stereocenters. The first-order valence-electron chi connectivity index (χ1n) is 4.75. The fraction of sp³-hybridized carbons (Fsp3) is 0.889. The first kappa shape index (κ1) is 9.19. The molecule has 0 aliphatic carbocycles. The molecule has 2 aliphatic heterocycles. The Bertz CT molecular complexity index is 220. The number of fused-ring (bicyclic) bond motifs is 2. The molecule has 2 saturated heterocycles. The highest BCUT2D eigenvalue weighted by molar-refractivity contribution is 8.00. The van der Waals surface area contributed by atoms with Crippen LogP contribution >= 0.6 is 11.8 Å². The first-order valence-corrected chi connectivity index (χ1v) is 5.80. The van der Waals surface area contributed by atoms with E-state index in [0.717, 1.165) is 18.7 Å². The van der Waals surface area contributed by atoms with Crippen LogP contribution in [0.1, 0.15) is 20.3 Å². The highest BCUT2D eigenvalue weighted by atomic mass is 32.2. The topological polar surface area (TPSA) is 29.5 Å². The average Bonchev–Trinajstić information content (AvgIpc) is 2.62. The Morgan fingerprint density at radius 1 is 1.62 bits per heavy atom. The van der Waals surface area contributed by atoms with Gasteiger partial charge >= 0.3 is 6.09 Å². The SMILES string of the molecule is CC(C)OC(=O)N1CC2CC1CS2. The average molecular weight is 201 g/mol. The lowest BCUT2D eigenvalue weighted by atomic mass is 10.2. The molecule has 74 valence electrons. The Balaban J connectivity index is 1.91. The molecule has 13 heavy (non-hydrogen) atoms. The Hall–Kier alpha value is -0.380. The van der Waals surface area contributed by atoms with E-state index in [9.17, 15) is 4.79 Å². The number of hydrogen-bond donors (Lipinski definition) is 0. The van der Waals surface area contributed by atoms with E-state index in [1.54, 1.807) is 0 Å². The van der Waals surface area contributed by atoms with E-state index in [-0.39, 0.29) is 12.2 Å². The van der Waals surface area contributed by atoms with Gasteiger partial charge in [-0.25, -0.2) is 4.79 Å². The number of nitrogens with zero attached hydrogens (tertiary/aromatic N) is 1. The minimum atomic E-state index is -0.122. The minimum Gasteiger partial charge on any atom is -0.447 e. The van der Waals surface area contributed by atoms with Crippen molar-refractivity contribution in [2.45, 2.75) is 37.7 Å². The van der Waals surface area contributed by atoms with Gasteiger partial charge in [0.05, 0.1) is 6.10 Å². The number of ether oxygens (including phenoxy) is 1. The van der Waals surface area contributed by atoms with Gasteiger partial charge in [-0.1, -0.05) is 0 Å². The van der Waals surface area contributed by atoms with E-state index < -0.39 is 0 Å². The van der Waals surface area contributed by atoms with Crippen molar-refractivity contribution in [1.29, 1.82) is 0 Å². The third kappa shape index (κ3) is 1.77. The van der Waals surface area contributed by atoms with Crippen LogP contribution in [0.15, 0.2) is 0 Å². The van der Waals surface area contributed by atoms with Crippen molar-refractivity contribution < 1.29 is 9.53 Å². The fourth-order valence-electron chi connectivity index (χ4n) is 1.89. The summed E-state index contributed by atoms with van der Waals surface area (Å²) in [7, 11) is 0. The van der Waals surface area contributed by atoms with Crippen LogP contribution in [0.3, 0.4) is 0 Å². The summed E-state index contributed by atoms with van der Waals surface area (Å²) in [5, 5.41) is 0.671. The van der Waals surface area contributed by atoms with Crippen LogP contribution < -0.4 is 0 Å². The summed E-state index contributed by atoms with van der Waals surface area (Å²) >= 11 is 1.98. The zero-order valence-electron chi connectivity index (χ0n) is 8.03.